The van der Waals surface area contributed by atoms with E-state index >= 15 is 0 Å². The molecule has 19 heavy (non-hydrogen) atoms. The summed E-state index contributed by atoms with van der Waals surface area (Å²) in [5, 5.41) is 1.08. The summed E-state index contributed by atoms with van der Waals surface area (Å²) in [7, 11) is 0. The van der Waals surface area contributed by atoms with E-state index in [1.54, 1.807) is 18.2 Å². The van der Waals surface area contributed by atoms with Gasteiger partial charge in [0.15, 0.2) is 0 Å². The van der Waals surface area contributed by atoms with Crippen LogP contribution in [0.5, 0.6) is 11.5 Å². The van der Waals surface area contributed by atoms with Gasteiger partial charge in [0.1, 0.15) is 11.5 Å². The SMILES string of the molecule is C[C@@H](N)c1ccc(Oc2cc(Cl)ccc2Cl)c(Br)c1. The van der Waals surface area contributed by atoms with Crippen molar-refractivity contribution in [3.05, 3.63) is 56.5 Å². The molecule has 0 aromatic heterocycles. The summed E-state index contributed by atoms with van der Waals surface area (Å²) < 4.78 is 6.57. The van der Waals surface area contributed by atoms with Gasteiger partial charge < -0.3 is 10.5 Å². The normalized spacial score (nSPS) is 12.3. The lowest BCUT2D eigenvalue weighted by atomic mass is 10.1. The van der Waals surface area contributed by atoms with Gasteiger partial charge in [0.25, 0.3) is 0 Å². The molecule has 2 N–H and O–H groups in total. The van der Waals surface area contributed by atoms with Gasteiger partial charge in [-0.3, -0.25) is 0 Å². The van der Waals surface area contributed by atoms with Crippen LogP contribution in [0.25, 0.3) is 0 Å². The number of hydrogen-bond acceptors (Lipinski definition) is 2. The lowest BCUT2D eigenvalue weighted by molar-refractivity contribution is 0.479. The molecular formula is C14H12BrCl2NO. The molecule has 100 valence electrons. The molecule has 0 amide bonds. The number of hydrogen-bond donors (Lipinski definition) is 1. The zero-order chi connectivity index (χ0) is 14.0. The topological polar surface area (TPSA) is 35.2 Å². The Morgan fingerprint density at radius 1 is 1.11 bits per heavy atom. The van der Waals surface area contributed by atoms with Gasteiger partial charge in [-0.25, -0.2) is 0 Å². The van der Waals surface area contributed by atoms with E-state index in [9.17, 15) is 0 Å². The first kappa shape index (κ1) is 14.7. The number of rotatable bonds is 3. The van der Waals surface area contributed by atoms with Crippen molar-refractivity contribution in [1.29, 1.82) is 0 Å². The molecule has 0 aliphatic heterocycles. The Morgan fingerprint density at radius 2 is 1.84 bits per heavy atom. The fourth-order valence-electron chi connectivity index (χ4n) is 1.56. The maximum Gasteiger partial charge on any atom is 0.147 e. The molecule has 0 radical (unpaired) electrons. The molecule has 0 aliphatic rings. The minimum Gasteiger partial charge on any atom is -0.455 e. The summed E-state index contributed by atoms with van der Waals surface area (Å²) >= 11 is 15.4. The van der Waals surface area contributed by atoms with Crippen LogP contribution < -0.4 is 10.5 Å². The highest BCUT2D eigenvalue weighted by Crippen LogP contribution is 2.36. The second-order valence-corrected chi connectivity index (χ2v) is 5.85. The van der Waals surface area contributed by atoms with Gasteiger partial charge in [-0.2, -0.15) is 0 Å². The molecule has 0 spiro atoms. The average molecular weight is 361 g/mol. The Balaban J connectivity index is 2.31. The highest BCUT2D eigenvalue weighted by molar-refractivity contribution is 9.10. The molecule has 2 nitrogen and oxygen atoms in total. The largest absolute Gasteiger partial charge is 0.455 e. The van der Waals surface area contributed by atoms with E-state index in [-0.39, 0.29) is 6.04 Å². The van der Waals surface area contributed by atoms with Crippen LogP contribution in [0.3, 0.4) is 0 Å². The van der Waals surface area contributed by atoms with E-state index < -0.39 is 0 Å². The van der Waals surface area contributed by atoms with Gasteiger partial charge in [-0.05, 0) is 52.7 Å². The molecular weight excluding hydrogens is 349 g/mol. The Hall–Kier alpha value is -0.740. The minimum absolute atomic E-state index is 0.0277. The fourth-order valence-corrected chi connectivity index (χ4v) is 2.35. The summed E-state index contributed by atoms with van der Waals surface area (Å²) in [4.78, 5) is 0. The van der Waals surface area contributed by atoms with Crippen LogP contribution in [-0.4, -0.2) is 0 Å². The van der Waals surface area contributed by atoms with Gasteiger partial charge >= 0.3 is 0 Å². The summed E-state index contributed by atoms with van der Waals surface area (Å²) in [6.45, 7) is 1.93. The Morgan fingerprint density at radius 3 is 2.47 bits per heavy atom. The second-order valence-electron chi connectivity index (χ2n) is 4.16. The Labute approximate surface area is 130 Å². The van der Waals surface area contributed by atoms with Gasteiger partial charge in [0.05, 0.1) is 9.50 Å². The number of nitrogens with two attached hydrogens (primary N) is 1. The van der Waals surface area contributed by atoms with Crippen LogP contribution >= 0.6 is 39.1 Å². The molecule has 1 atom stereocenters. The summed E-state index contributed by atoms with van der Waals surface area (Å²) in [5.74, 6) is 1.18. The van der Waals surface area contributed by atoms with Crippen LogP contribution in [0.1, 0.15) is 18.5 Å². The van der Waals surface area contributed by atoms with E-state index in [0.717, 1.165) is 10.0 Å². The maximum absolute atomic E-state index is 6.06. The van der Waals surface area contributed by atoms with E-state index in [4.69, 9.17) is 33.7 Å². The standard InChI is InChI=1S/C14H12BrCl2NO/c1-8(18)9-2-5-13(11(15)6-9)19-14-7-10(16)3-4-12(14)17/h2-8H,18H2,1H3/t8-/m1/s1. The number of benzene rings is 2. The third-order valence-corrected chi connectivity index (χ3v) is 3.76. The lowest BCUT2D eigenvalue weighted by Crippen LogP contribution is -2.04. The van der Waals surface area contributed by atoms with Gasteiger partial charge in [-0.1, -0.05) is 29.3 Å². The van der Waals surface area contributed by atoms with Gasteiger partial charge in [-0.15, -0.1) is 0 Å². The quantitative estimate of drug-likeness (QED) is 0.776. The summed E-state index contributed by atoms with van der Waals surface area (Å²) in [6, 6.07) is 10.8. The average Bonchev–Trinajstić information content (AvgIpc) is 2.36. The number of halogens is 3. The second kappa shape index (κ2) is 6.14. The highest BCUT2D eigenvalue weighted by Gasteiger charge is 2.09. The first-order valence-corrected chi connectivity index (χ1v) is 7.20. The van der Waals surface area contributed by atoms with E-state index in [2.05, 4.69) is 15.9 Å². The van der Waals surface area contributed by atoms with E-state index in [0.29, 0.717) is 21.5 Å². The molecule has 0 aliphatic carbocycles. The molecule has 0 saturated carbocycles. The first-order chi connectivity index (χ1) is 8.97. The summed E-state index contributed by atoms with van der Waals surface area (Å²) in [6.07, 6.45) is 0. The van der Waals surface area contributed by atoms with Gasteiger partial charge in [0.2, 0.25) is 0 Å². The molecule has 0 heterocycles. The minimum atomic E-state index is -0.0277. The predicted octanol–water partition coefficient (Wildman–Crippen LogP) is 5.57. The zero-order valence-corrected chi connectivity index (χ0v) is 13.3. The molecule has 0 unspecified atom stereocenters. The van der Waals surface area contributed by atoms with Crippen molar-refractivity contribution >= 4 is 39.1 Å². The van der Waals surface area contributed by atoms with Crippen LogP contribution in [0.2, 0.25) is 10.0 Å². The van der Waals surface area contributed by atoms with Crippen molar-refractivity contribution in [2.24, 2.45) is 5.73 Å². The molecule has 0 bridgehead atoms. The van der Waals surface area contributed by atoms with Crippen molar-refractivity contribution in [2.45, 2.75) is 13.0 Å². The maximum atomic E-state index is 6.06. The van der Waals surface area contributed by atoms with Crippen LogP contribution in [0, 0.1) is 0 Å². The van der Waals surface area contributed by atoms with Crippen molar-refractivity contribution in [1.82, 2.24) is 0 Å². The monoisotopic (exact) mass is 359 g/mol. The Bertz CT molecular complexity index is 602. The summed E-state index contributed by atoms with van der Waals surface area (Å²) in [5.41, 5.74) is 6.85. The van der Waals surface area contributed by atoms with E-state index in [1.165, 1.54) is 0 Å². The molecule has 0 saturated heterocycles. The fraction of sp³-hybridized carbons (Fsp3) is 0.143. The number of ether oxygens (including phenoxy) is 1. The third kappa shape index (κ3) is 3.63. The molecule has 5 heteroatoms. The van der Waals surface area contributed by atoms with Crippen molar-refractivity contribution in [2.75, 3.05) is 0 Å². The molecule has 2 rings (SSSR count). The van der Waals surface area contributed by atoms with Crippen molar-refractivity contribution < 1.29 is 4.74 Å². The predicted molar refractivity (Wildman–Crippen MR) is 83.3 cm³/mol. The molecule has 2 aromatic carbocycles. The third-order valence-electron chi connectivity index (χ3n) is 2.59. The Kier molecular flexibility index (Phi) is 4.74. The molecule has 0 fully saturated rings. The van der Waals surface area contributed by atoms with Crippen molar-refractivity contribution in [3.8, 4) is 11.5 Å². The first-order valence-electron chi connectivity index (χ1n) is 5.65. The molecule has 2 aromatic rings. The zero-order valence-electron chi connectivity index (χ0n) is 10.2. The highest BCUT2D eigenvalue weighted by atomic mass is 79.9. The van der Waals surface area contributed by atoms with Crippen LogP contribution in [0.4, 0.5) is 0 Å². The van der Waals surface area contributed by atoms with Gasteiger partial charge in [0, 0.05) is 17.1 Å². The van der Waals surface area contributed by atoms with Crippen LogP contribution in [-0.2, 0) is 0 Å². The van der Waals surface area contributed by atoms with Crippen LogP contribution in [0.15, 0.2) is 40.9 Å². The lowest BCUT2D eigenvalue weighted by Gasteiger charge is -2.12. The van der Waals surface area contributed by atoms with E-state index in [1.807, 2.05) is 25.1 Å². The smallest absolute Gasteiger partial charge is 0.147 e. The van der Waals surface area contributed by atoms with Crippen molar-refractivity contribution in [3.63, 3.8) is 0 Å².